The van der Waals surface area contributed by atoms with Crippen molar-refractivity contribution in [2.45, 2.75) is 36.9 Å². The lowest BCUT2D eigenvalue weighted by Gasteiger charge is -2.03. The molecule has 2 aromatic rings. The number of furan rings is 1. The van der Waals surface area contributed by atoms with Crippen LogP contribution >= 0.6 is 0 Å². The first-order chi connectivity index (χ1) is 10.1. The second-order valence-electron chi connectivity index (χ2n) is 4.96. The van der Waals surface area contributed by atoms with Crippen LogP contribution in [0.3, 0.4) is 0 Å². The van der Waals surface area contributed by atoms with Crippen molar-refractivity contribution in [1.82, 2.24) is 25.2 Å². The molecule has 0 unspecified atom stereocenters. The van der Waals surface area contributed by atoms with E-state index in [0.29, 0.717) is 30.6 Å². The van der Waals surface area contributed by atoms with Crippen LogP contribution in [0.2, 0.25) is 0 Å². The number of hydrogen-bond acceptors (Lipinski definition) is 6. The van der Waals surface area contributed by atoms with Gasteiger partial charge in [-0.1, -0.05) is 0 Å². The van der Waals surface area contributed by atoms with Gasteiger partial charge in [0.1, 0.15) is 17.9 Å². The van der Waals surface area contributed by atoms with Gasteiger partial charge in [-0.25, -0.2) is 18.1 Å². The highest BCUT2D eigenvalue weighted by Crippen LogP contribution is 2.20. The van der Waals surface area contributed by atoms with E-state index in [4.69, 9.17) is 4.42 Å². The molecule has 1 aliphatic rings. The fraction of sp³-hybridized carbons (Fsp3) is 0.500. The zero-order chi connectivity index (χ0) is 14.7. The Morgan fingerprint density at radius 3 is 2.95 bits per heavy atom. The van der Waals surface area contributed by atoms with Gasteiger partial charge in [-0.2, -0.15) is 5.10 Å². The second kappa shape index (κ2) is 5.96. The van der Waals surface area contributed by atoms with Crippen LogP contribution in [0.1, 0.15) is 24.4 Å². The van der Waals surface area contributed by atoms with Crippen molar-refractivity contribution in [3.63, 3.8) is 0 Å². The van der Waals surface area contributed by atoms with Crippen LogP contribution in [0, 0.1) is 0 Å². The zero-order valence-corrected chi connectivity index (χ0v) is 12.2. The molecule has 0 atom stereocenters. The lowest BCUT2D eigenvalue weighted by atomic mass is 10.4. The molecule has 0 aliphatic heterocycles. The van der Waals surface area contributed by atoms with Gasteiger partial charge in [-0.05, 0) is 25.0 Å². The van der Waals surface area contributed by atoms with Gasteiger partial charge in [0.05, 0.1) is 6.54 Å². The van der Waals surface area contributed by atoms with Crippen LogP contribution in [0.4, 0.5) is 0 Å². The van der Waals surface area contributed by atoms with E-state index < -0.39 is 10.0 Å². The smallest absolute Gasteiger partial charge is 0.273 e. The highest BCUT2D eigenvalue weighted by molar-refractivity contribution is 7.89. The Kier molecular flexibility index (Phi) is 4.04. The molecule has 3 N–H and O–H groups in total. The standard InChI is InChI=1S/C12H17N5O3S/c18-21(19,16-6-5-11-14-8-15-17-11)12-4-3-10(20-12)7-13-9-1-2-9/h3-4,8-9,13,16H,1-2,5-7H2,(H,14,15,17). The molecule has 2 aromatic heterocycles. The average Bonchev–Trinajstić information content (AvgIpc) is 2.93. The molecular formula is C12H17N5O3S. The summed E-state index contributed by atoms with van der Waals surface area (Å²) >= 11 is 0. The summed E-state index contributed by atoms with van der Waals surface area (Å²) in [4.78, 5) is 3.93. The van der Waals surface area contributed by atoms with Gasteiger partial charge in [0, 0.05) is 19.0 Å². The van der Waals surface area contributed by atoms with Gasteiger partial charge in [-0.15, -0.1) is 0 Å². The Morgan fingerprint density at radius 1 is 1.38 bits per heavy atom. The molecule has 0 spiro atoms. The van der Waals surface area contributed by atoms with Crippen LogP contribution < -0.4 is 10.0 Å². The molecule has 21 heavy (non-hydrogen) atoms. The first-order valence-corrected chi connectivity index (χ1v) is 8.28. The first-order valence-electron chi connectivity index (χ1n) is 6.79. The summed E-state index contributed by atoms with van der Waals surface area (Å²) < 4.78 is 31.9. The summed E-state index contributed by atoms with van der Waals surface area (Å²) in [6, 6.07) is 3.70. The van der Waals surface area contributed by atoms with E-state index in [1.54, 1.807) is 6.07 Å². The minimum atomic E-state index is -3.62. The van der Waals surface area contributed by atoms with Crippen molar-refractivity contribution >= 4 is 10.0 Å². The van der Waals surface area contributed by atoms with E-state index in [1.807, 2.05) is 0 Å². The van der Waals surface area contributed by atoms with E-state index in [0.717, 1.165) is 0 Å². The van der Waals surface area contributed by atoms with Gasteiger partial charge in [0.2, 0.25) is 5.09 Å². The molecule has 0 saturated heterocycles. The number of aromatic nitrogens is 3. The number of rotatable bonds is 8. The Balaban J connectivity index is 1.53. The van der Waals surface area contributed by atoms with E-state index in [2.05, 4.69) is 25.2 Å². The number of H-pyrrole nitrogens is 1. The van der Waals surface area contributed by atoms with Gasteiger partial charge in [0.25, 0.3) is 10.0 Å². The summed E-state index contributed by atoms with van der Waals surface area (Å²) in [5.74, 6) is 1.25. The minimum Gasteiger partial charge on any atom is -0.447 e. The maximum absolute atomic E-state index is 12.1. The third-order valence-corrected chi connectivity index (χ3v) is 4.50. The maximum atomic E-state index is 12.1. The second-order valence-corrected chi connectivity index (χ2v) is 6.65. The zero-order valence-electron chi connectivity index (χ0n) is 11.4. The Bertz CT molecular complexity index is 676. The van der Waals surface area contributed by atoms with Crippen LogP contribution in [-0.4, -0.2) is 36.2 Å². The average molecular weight is 311 g/mol. The fourth-order valence-electron chi connectivity index (χ4n) is 1.86. The SMILES string of the molecule is O=S(=O)(NCCc1ncn[nH]1)c1ccc(CNC2CC2)o1. The lowest BCUT2D eigenvalue weighted by molar-refractivity contribution is 0.399. The highest BCUT2D eigenvalue weighted by Gasteiger charge is 2.22. The quantitative estimate of drug-likeness (QED) is 0.640. The molecule has 1 saturated carbocycles. The largest absolute Gasteiger partial charge is 0.447 e. The normalized spacial score (nSPS) is 15.4. The predicted octanol–water partition coefficient (Wildman–Crippen LogP) is 0.171. The Morgan fingerprint density at radius 2 is 2.24 bits per heavy atom. The summed E-state index contributed by atoms with van der Waals surface area (Å²) in [6.45, 7) is 0.784. The Labute approximate surface area is 122 Å². The van der Waals surface area contributed by atoms with Crippen molar-refractivity contribution in [1.29, 1.82) is 0 Å². The molecule has 9 heteroatoms. The lowest BCUT2D eigenvalue weighted by Crippen LogP contribution is -2.26. The van der Waals surface area contributed by atoms with Crippen molar-refractivity contribution in [2.75, 3.05) is 6.54 Å². The van der Waals surface area contributed by atoms with Crippen molar-refractivity contribution in [3.8, 4) is 0 Å². The third-order valence-electron chi connectivity index (χ3n) is 3.16. The molecule has 8 nitrogen and oxygen atoms in total. The topological polar surface area (TPSA) is 113 Å². The molecule has 1 fully saturated rings. The summed E-state index contributed by atoms with van der Waals surface area (Å²) in [7, 11) is -3.62. The number of aromatic amines is 1. The van der Waals surface area contributed by atoms with Crippen LogP contribution in [0.5, 0.6) is 0 Å². The van der Waals surface area contributed by atoms with E-state index in [1.165, 1.54) is 25.2 Å². The molecule has 2 heterocycles. The van der Waals surface area contributed by atoms with Crippen molar-refractivity contribution in [2.24, 2.45) is 0 Å². The first kappa shape index (κ1) is 14.2. The molecule has 114 valence electrons. The fourth-order valence-corrected chi connectivity index (χ4v) is 2.83. The number of hydrogen-bond donors (Lipinski definition) is 3. The van der Waals surface area contributed by atoms with E-state index in [9.17, 15) is 8.42 Å². The molecule has 0 amide bonds. The van der Waals surface area contributed by atoms with Gasteiger partial charge >= 0.3 is 0 Å². The molecule has 1 aliphatic carbocycles. The monoisotopic (exact) mass is 311 g/mol. The maximum Gasteiger partial charge on any atom is 0.273 e. The van der Waals surface area contributed by atoms with Crippen molar-refractivity contribution in [3.05, 3.63) is 30.0 Å². The van der Waals surface area contributed by atoms with E-state index >= 15 is 0 Å². The number of nitrogens with one attached hydrogen (secondary N) is 3. The molecule has 3 rings (SSSR count). The summed E-state index contributed by atoms with van der Waals surface area (Å²) in [6.07, 6.45) is 4.18. The van der Waals surface area contributed by atoms with Gasteiger partial charge in [0.15, 0.2) is 0 Å². The predicted molar refractivity (Wildman–Crippen MR) is 73.8 cm³/mol. The third kappa shape index (κ3) is 3.90. The van der Waals surface area contributed by atoms with Gasteiger partial charge < -0.3 is 9.73 Å². The molecule has 0 aromatic carbocycles. The van der Waals surface area contributed by atoms with E-state index in [-0.39, 0.29) is 11.6 Å². The molecule has 0 radical (unpaired) electrons. The van der Waals surface area contributed by atoms with Crippen LogP contribution in [-0.2, 0) is 23.0 Å². The summed E-state index contributed by atoms with van der Waals surface area (Å²) in [5.41, 5.74) is 0. The number of sulfonamides is 1. The van der Waals surface area contributed by atoms with Crippen molar-refractivity contribution < 1.29 is 12.8 Å². The Hall–Kier alpha value is -1.71. The van der Waals surface area contributed by atoms with Crippen LogP contribution in [0.15, 0.2) is 28.0 Å². The van der Waals surface area contributed by atoms with Crippen LogP contribution in [0.25, 0.3) is 0 Å². The van der Waals surface area contributed by atoms with Gasteiger partial charge in [-0.3, -0.25) is 5.10 Å². The molecular weight excluding hydrogens is 294 g/mol. The highest BCUT2D eigenvalue weighted by atomic mass is 32.2. The molecule has 0 bridgehead atoms. The minimum absolute atomic E-state index is 0.0623. The number of nitrogens with zero attached hydrogens (tertiary/aromatic N) is 2. The summed E-state index contributed by atoms with van der Waals surface area (Å²) in [5, 5.41) is 9.58.